The number of hydrogen-bond donors (Lipinski definition) is 1. The van der Waals surface area contributed by atoms with Gasteiger partial charge in [0.05, 0.1) is 45.4 Å². The highest BCUT2D eigenvalue weighted by molar-refractivity contribution is 6.54. The lowest BCUT2D eigenvalue weighted by Gasteiger charge is -2.21. The zero-order valence-electron chi connectivity index (χ0n) is 22.3. The van der Waals surface area contributed by atoms with Crippen molar-refractivity contribution in [2.75, 3.05) is 20.8 Å². The molecule has 202 valence electrons. The summed E-state index contributed by atoms with van der Waals surface area (Å²) in [5, 5.41) is 2.40. The Balaban J connectivity index is 2.03. The molecule has 0 bridgehead atoms. The molecule has 0 unspecified atom stereocenters. The molecule has 0 fully saturated rings. The number of nitrogens with one attached hydrogen (secondary N) is 1. The molecular weight excluding hydrogens is 568 g/mol. The number of benzene rings is 3. The maximum absolute atomic E-state index is 14.0. The molecule has 0 aliphatic heterocycles. The van der Waals surface area contributed by atoms with Crippen molar-refractivity contribution in [2.24, 2.45) is 0 Å². The highest BCUT2D eigenvalue weighted by atomic mass is 35.5. The summed E-state index contributed by atoms with van der Waals surface area (Å²) >= 11 is 25.8. The lowest BCUT2D eigenvalue weighted by Crippen LogP contribution is -2.28. The van der Waals surface area contributed by atoms with Crippen LogP contribution in [-0.2, 0) is 6.42 Å². The van der Waals surface area contributed by atoms with Gasteiger partial charge in [0.1, 0.15) is 0 Å². The van der Waals surface area contributed by atoms with Gasteiger partial charge in [-0.1, -0.05) is 52.5 Å². The Morgan fingerprint density at radius 2 is 1.18 bits per heavy atom. The largest absolute Gasteiger partial charge is 0.493 e. The average Bonchev–Trinajstić information content (AvgIpc) is 2.91. The molecule has 0 aromatic heterocycles. The molecule has 3 aromatic rings. The quantitative estimate of drug-likeness (QED) is 0.162. The van der Waals surface area contributed by atoms with E-state index in [9.17, 15) is 9.59 Å². The van der Waals surface area contributed by atoms with E-state index in [4.69, 9.17) is 55.9 Å². The summed E-state index contributed by atoms with van der Waals surface area (Å²) in [6.45, 7) is 9.92. The van der Waals surface area contributed by atoms with Crippen LogP contribution in [0.5, 0.6) is 11.5 Å². The van der Waals surface area contributed by atoms with Gasteiger partial charge >= 0.3 is 0 Å². The zero-order valence-corrected chi connectivity index (χ0v) is 25.3. The van der Waals surface area contributed by atoms with Crippen LogP contribution in [0.2, 0.25) is 20.1 Å². The van der Waals surface area contributed by atoms with Crippen molar-refractivity contribution in [3.05, 3.63) is 88.4 Å². The van der Waals surface area contributed by atoms with Crippen molar-refractivity contribution in [3.63, 3.8) is 0 Å². The minimum atomic E-state index is -0.588. The Labute approximate surface area is 243 Å². The summed E-state index contributed by atoms with van der Waals surface area (Å²) < 4.78 is 10.6. The second-order valence-corrected chi connectivity index (χ2v) is 10.5. The van der Waals surface area contributed by atoms with E-state index < -0.39 is 11.7 Å². The fraction of sp³-hybridized carbons (Fsp3) is 0.310. The van der Waals surface area contributed by atoms with Crippen LogP contribution in [0.3, 0.4) is 0 Å². The predicted octanol–water partition coefficient (Wildman–Crippen LogP) is 8.06. The number of ether oxygens (including phenoxy) is 2. The third kappa shape index (κ3) is 5.48. The summed E-state index contributed by atoms with van der Waals surface area (Å²) in [5.74, 6) is 0.155. The maximum Gasteiger partial charge on any atom is 0.253 e. The fourth-order valence-electron chi connectivity index (χ4n) is 4.47. The van der Waals surface area contributed by atoms with Crippen LogP contribution in [0.1, 0.15) is 59.7 Å². The van der Waals surface area contributed by atoms with Crippen LogP contribution in [0, 0.1) is 34.6 Å². The van der Waals surface area contributed by atoms with Crippen molar-refractivity contribution in [1.82, 2.24) is 5.32 Å². The van der Waals surface area contributed by atoms with Gasteiger partial charge in [-0.15, -0.1) is 0 Å². The molecule has 0 aliphatic carbocycles. The Hall–Kier alpha value is -2.44. The molecule has 3 aromatic carbocycles. The van der Waals surface area contributed by atoms with Crippen molar-refractivity contribution in [2.45, 2.75) is 41.0 Å². The number of rotatable bonds is 8. The number of methoxy groups -OCH3 is 2. The van der Waals surface area contributed by atoms with Gasteiger partial charge < -0.3 is 14.8 Å². The summed E-state index contributed by atoms with van der Waals surface area (Å²) in [5.41, 5.74) is 5.85. The van der Waals surface area contributed by atoms with E-state index >= 15 is 0 Å². The Morgan fingerprint density at radius 1 is 0.684 bits per heavy atom. The van der Waals surface area contributed by atoms with E-state index in [1.165, 1.54) is 0 Å². The molecule has 3 rings (SSSR count). The number of halogens is 4. The van der Waals surface area contributed by atoms with Gasteiger partial charge in [0, 0.05) is 12.1 Å². The molecule has 0 aliphatic rings. The van der Waals surface area contributed by atoms with Gasteiger partial charge in [-0.25, -0.2) is 0 Å². The molecule has 38 heavy (non-hydrogen) atoms. The first-order chi connectivity index (χ1) is 17.9. The highest BCUT2D eigenvalue weighted by Crippen LogP contribution is 2.43. The molecule has 9 heteroatoms. The predicted molar refractivity (Wildman–Crippen MR) is 156 cm³/mol. The van der Waals surface area contributed by atoms with Crippen LogP contribution >= 0.6 is 46.4 Å². The molecule has 5 nitrogen and oxygen atoms in total. The lowest BCUT2D eigenvalue weighted by atomic mass is 9.85. The monoisotopic (exact) mass is 595 g/mol. The van der Waals surface area contributed by atoms with Gasteiger partial charge in [0.2, 0.25) is 0 Å². The van der Waals surface area contributed by atoms with Crippen LogP contribution in [-0.4, -0.2) is 32.5 Å². The van der Waals surface area contributed by atoms with Crippen molar-refractivity contribution in [3.8, 4) is 11.5 Å². The molecule has 1 amide bonds. The molecule has 0 saturated carbocycles. The Bertz CT molecular complexity index is 1420. The second-order valence-electron chi connectivity index (χ2n) is 9.03. The van der Waals surface area contributed by atoms with E-state index in [1.54, 1.807) is 20.3 Å². The first-order valence-corrected chi connectivity index (χ1v) is 13.3. The zero-order chi connectivity index (χ0) is 28.5. The molecule has 0 spiro atoms. The van der Waals surface area contributed by atoms with Crippen molar-refractivity contribution in [1.29, 1.82) is 0 Å². The standard InChI is InChI=1S/C29H29Cl4NO4/c1-13-14(2)16(4)21(17(5)15(13)3)28(35)22-23(25(31)27(33)26(32)24(22)30)29(36)34-11-10-18-8-9-19(37-6)20(12-18)38-7/h8-9,12H,10-11H2,1-7H3,(H,34,36). The number of ketones is 1. The van der Waals surface area contributed by atoms with Gasteiger partial charge in [0.25, 0.3) is 5.91 Å². The maximum atomic E-state index is 14.0. The first kappa shape index (κ1) is 30.1. The summed E-state index contributed by atoms with van der Waals surface area (Å²) in [6, 6.07) is 5.49. The molecular formula is C29H29Cl4NO4. The number of amides is 1. The van der Waals surface area contributed by atoms with E-state index in [0.717, 1.165) is 33.4 Å². The van der Waals surface area contributed by atoms with E-state index in [2.05, 4.69) is 5.32 Å². The van der Waals surface area contributed by atoms with Gasteiger partial charge in [0.15, 0.2) is 17.3 Å². The van der Waals surface area contributed by atoms with E-state index in [-0.39, 0.29) is 37.8 Å². The normalized spacial score (nSPS) is 10.9. The van der Waals surface area contributed by atoms with Crippen LogP contribution in [0.15, 0.2) is 18.2 Å². The summed E-state index contributed by atoms with van der Waals surface area (Å²) in [4.78, 5) is 27.5. The summed E-state index contributed by atoms with van der Waals surface area (Å²) in [7, 11) is 3.11. The number of carbonyl (C=O) groups excluding carboxylic acids is 2. The van der Waals surface area contributed by atoms with E-state index in [1.807, 2.05) is 46.8 Å². The Morgan fingerprint density at radius 3 is 1.71 bits per heavy atom. The minimum Gasteiger partial charge on any atom is -0.493 e. The third-order valence-corrected chi connectivity index (χ3v) is 8.90. The molecule has 1 N–H and O–H groups in total. The fourth-order valence-corrected chi connectivity index (χ4v) is 5.49. The van der Waals surface area contributed by atoms with Crippen molar-refractivity contribution >= 4 is 58.1 Å². The van der Waals surface area contributed by atoms with Gasteiger partial charge in [-0.05, 0) is 86.6 Å². The van der Waals surface area contributed by atoms with Crippen LogP contribution in [0.4, 0.5) is 0 Å². The smallest absolute Gasteiger partial charge is 0.253 e. The first-order valence-electron chi connectivity index (χ1n) is 11.8. The molecule has 0 heterocycles. The lowest BCUT2D eigenvalue weighted by molar-refractivity contribution is 0.0942. The van der Waals surface area contributed by atoms with Gasteiger partial charge in [-0.3, -0.25) is 9.59 Å². The SMILES string of the molecule is COc1ccc(CCNC(=O)c2c(Cl)c(Cl)c(Cl)c(Cl)c2C(=O)c2c(C)c(C)c(C)c(C)c2C)cc1OC. The number of hydrogen-bond acceptors (Lipinski definition) is 4. The van der Waals surface area contributed by atoms with Crippen LogP contribution in [0.25, 0.3) is 0 Å². The Kier molecular flexibility index (Phi) is 9.64. The topological polar surface area (TPSA) is 64.6 Å². The van der Waals surface area contributed by atoms with Crippen molar-refractivity contribution < 1.29 is 19.1 Å². The number of carbonyl (C=O) groups is 2. The molecule has 0 saturated heterocycles. The van der Waals surface area contributed by atoms with E-state index in [0.29, 0.717) is 23.5 Å². The minimum absolute atomic E-state index is 0.0801. The summed E-state index contributed by atoms with van der Waals surface area (Å²) in [6.07, 6.45) is 0.483. The molecule has 0 atom stereocenters. The second kappa shape index (κ2) is 12.2. The third-order valence-electron chi connectivity index (χ3n) is 7.10. The van der Waals surface area contributed by atoms with Crippen LogP contribution < -0.4 is 14.8 Å². The highest BCUT2D eigenvalue weighted by Gasteiger charge is 2.31. The van der Waals surface area contributed by atoms with Gasteiger partial charge in [-0.2, -0.15) is 0 Å². The molecule has 0 radical (unpaired) electrons. The average molecular weight is 597 g/mol.